The van der Waals surface area contributed by atoms with Crippen molar-refractivity contribution in [2.45, 2.75) is 31.7 Å². The average molecular weight is 354 g/mol. The zero-order valence-corrected chi connectivity index (χ0v) is 15.1. The van der Waals surface area contributed by atoms with Crippen LogP contribution in [0.1, 0.15) is 36.6 Å². The minimum atomic E-state index is 0.424. The summed E-state index contributed by atoms with van der Waals surface area (Å²) in [6.45, 7) is 6.81. The molecule has 0 amide bonds. The van der Waals surface area contributed by atoms with Gasteiger partial charge in [0.15, 0.2) is 0 Å². The molecular formula is C20H26N4O2. The maximum Gasteiger partial charge on any atom is 0.230 e. The van der Waals surface area contributed by atoms with Crippen LogP contribution in [-0.4, -0.2) is 54.4 Å². The van der Waals surface area contributed by atoms with E-state index in [1.807, 2.05) is 0 Å². The van der Waals surface area contributed by atoms with Crippen molar-refractivity contribution in [3.8, 4) is 11.4 Å². The molecular weight excluding hydrogens is 328 g/mol. The molecule has 1 aliphatic carbocycles. The quantitative estimate of drug-likeness (QED) is 0.910. The maximum atomic E-state index is 5.65. The molecule has 1 aromatic heterocycles. The highest BCUT2D eigenvalue weighted by Gasteiger charge is 2.57. The van der Waals surface area contributed by atoms with Crippen molar-refractivity contribution in [2.75, 3.05) is 39.4 Å². The van der Waals surface area contributed by atoms with E-state index < -0.39 is 0 Å². The molecule has 138 valence electrons. The fourth-order valence-corrected chi connectivity index (χ4v) is 4.49. The number of rotatable bonds is 4. The van der Waals surface area contributed by atoms with Crippen LogP contribution in [0.25, 0.3) is 11.4 Å². The summed E-state index contributed by atoms with van der Waals surface area (Å²) >= 11 is 0. The Morgan fingerprint density at radius 1 is 1.19 bits per heavy atom. The Balaban J connectivity index is 1.30. The van der Waals surface area contributed by atoms with Crippen LogP contribution in [0.3, 0.4) is 0 Å². The third-order valence-electron chi connectivity index (χ3n) is 6.22. The van der Waals surface area contributed by atoms with Crippen molar-refractivity contribution in [2.24, 2.45) is 5.41 Å². The smallest absolute Gasteiger partial charge is 0.230 e. The van der Waals surface area contributed by atoms with Gasteiger partial charge in [-0.15, -0.1) is 0 Å². The summed E-state index contributed by atoms with van der Waals surface area (Å²) in [5.41, 5.74) is 2.76. The van der Waals surface area contributed by atoms with Gasteiger partial charge in [0.2, 0.25) is 11.7 Å². The molecule has 0 radical (unpaired) electrons. The molecule has 3 heterocycles. The van der Waals surface area contributed by atoms with E-state index in [-0.39, 0.29) is 0 Å². The summed E-state index contributed by atoms with van der Waals surface area (Å²) in [5, 5.41) is 7.72. The van der Waals surface area contributed by atoms with E-state index in [1.54, 1.807) is 0 Å². The van der Waals surface area contributed by atoms with Gasteiger partial charge in [-0.1, -0.05) is 23.4 Å². The number of morpholine rings is 1. The van der Waals surface area contributed by atoms with E-state index in [9.17, 15) is 0 Å². The Morgan fingerprint density at radius 2 is 2.04 bits per heavy atom. The number of nitrogens with zero attached hydrogens (tertiary/aromatic N) is 3. The average Bonchev–Trinajstić information content (AvgIpc) is 3.15. The molecule has 3 aliphatic rings. The van der Waals surface area contributed by atoms with Gasteiger partial charge in [0.05, 0.1) is 13.2 Å². The highest BCUT2D eigenvalue weighted by Crippen LogP contribution is 2.63. The molecule has 1 saturated carbocycles. The highest BCUT2D eigenvalue weighted by atomic mass is 16.5. The first-order valence-electron chi connectivity index (χ1n) is 9.76. The molecule has 3 fully saturated rings. The first-order valence-corrected chi connectivity index (χ1v) is 9.76. The zero-order chi connectivity index (χ0) is 17.4. The number of hydrogen-bond donors (Lipinski definition) is 1. The second kappa shape index (κ2) is 6.76. The van der Waals surface area contributed by atoms with Crippen molar-refractivity contribution in [3.05, 3.63) is 35.7 Å². The molecule has 6 heteroatoms. The summed E-state index contributed by atoms with van der Waals surface area (Å²) in [5.74, 6) is 2.02. The lowest BCUT2D eigenvalue weighted by Crippen LogP contribution is -2.35. The highest BCUT2D eigenvalue weighted by molar-refractivity contribution is 5.55. The van der Waals surface area contributed by atoms with Gasteiger partial charge in [-0.3, -0.25) is 4.90 Å². The van der Waals surface area contributed by atoms with Crippen LogP contribution in [0.15, 0.2) is 28.8 Å². The lowest BCUT2D eigenvalue weighted by atomic mass is 9.92. The minimum absolute atomic E-state index is 0.424. The predicted octanol–water partition coefficient (Wildman–Crippen LogP) is 2.43. The first-order chi connectivity index (χ1) is 12.8. The summed E-state index contributed by atoms with van der Waals surface area (Å²) < 4.78 is 11.1. The topological polar surface area (TPSA) is 63.4 Å². The van der Waals surface area contributed by atoms with Gasteiger partial charge < -0.3 is 14.6 Å². The van der Waals surface area contributed by atoms with Gasteiger partial charge in [0.25, 0.3) is 0 Å². The fraction of sp³-hybridized carbons (Fsp3) is 0.600. The molecule has 2 saturated heterocycles. The van der Waals surface area contributed by atoms with E-state index in [0.29, 0.717) is 11.3 Å². The summed E-state index contributed by atoms with van der Waals surface area (Å²) in [6, 6.07) is 8.53. The van der Waals surface area contributed by atoms with E-state index in [0.717, 1.165) is 63.2 Å². The Labute approximate surface area is 153 Å². The molecule has 26 heavy (non-hydrogen) atoms. The molecule has 6 nitrogen and oxygen atoms in total. The lowest BCUT2D eigenvalue weighted by molar-refractivity contribution is 0.0342. The Bertz CT molecular complexity index is 763. The zero-order valence-electron chi connectivity index (χ0n) is 15.1. The third kappa shape index (κ3) is 3.17. The number of hydrogen-bond acceptors (Lipinski definition) is 6. The Hall–Kier alpha value is -1.76. The number of ether oxygens (including phenoxy) is 1. The van der Waals surface area contributed by atoms with E-state index >= 15 is 0 Å². The van der Waals surface area contributed by atoms with Crippen LogP contribution in [0.5, 0.6) is 0 Å². The minimum Gasteiger partial charge on any atom is -0.379 e. The van der Waals surface area contributed by atoms with Gasteiger partial charge >= 0.3 is 0 Å². The van der Waals surface area contributed by atoms with Gasteiger partial charge in [0.1, 0.15) is 0 Å². The summed E-state index contributed by atoms with van der Waals surface area (Å²) in [7, 11) is 0. The molecule has 1 N–H and O–H groups in total. The molecule has 1 atom stereocenters. The Kier molecular flexibility index (Phi) is 4.27. The monoisotopic (exact) mass is 354 g/mol. The number of benzene rings is 1. The first kappa shape index (κ1) is 16.4. The largest absolute Gasteiger partial charge is 0.379 e. The SMILES string of the molecule is c1cc(CN2CCOCC2)cc(-c2noc(C3CC34CCNCC4)n2)c1. The van der Waals surface area contributed by atoms with Crippen molar-refractivity contribution >= 4 is 0 Å². The van der Waals surface area contributed by atoms with Gasteiger partial charge in [-0.2, -0.15) is 4.98 Å². The lowest BCUT2D eigenvalue weighted by Gasteiger charge is -2.26. The van der Waals surface area contributed by atoms with Crippen molar-refractivity contribution in [1.29, 1.82) is 0 Å². The number of piperidine rings is 1. The van der Waals surface area contributed by atoms with Crippen molar-refractivity contribution < 1.29 is 9.26 Å². The molecule has 0 bridgehead atoms. The van der Waals surface area contributed by atoms with Crippen LogP contribution in [0, 0.1) is 5.41 Å². The van der Waals surface area contributed by atoms with Crippen molar-refractivity contribution in [1.82, 2.24) is 20.4 Å². The van der Waals surface area contributed by atoms with Crippen LogP contribution in [0.4, 0.5) is 0 Å². The standard InChI is InChI=1S/C20H26N4O2/c1-2-15(14-24-8-10-25-11-9-24)12-16(3-1)18-22-19(26-23-18)17-13-20(17)4-6-21-7-5-20/h1-3,12,17,21H,4-11,13-14H2. The summed E-state index contributed by atoms with van der Waals surface area (Å²) in [6.07, 6.45) is 3.65. The van der Waals surface area contributed by atoms with Crippen LogP contribution in [-0.2, 0) is 11.3 Å². The van der Waals surface area contributed by atoms with E-state index in [1.165, 1.54) is 24.8 Å². The van der Waals surface area contributed by atoms with E-state index in [2.05, 4.69) is 39.6 Å². The molecule has 5 rings (SSSR count). The molecule has 2 aliphatic heterocycles. The molecule has 1 unspecified atom stereocenters. The van der Waals surface area contributed by atoms with E-state index in [4.69, 9.17) is 14.2 Å². The van der Waals surface area contributed by atoms with Crippen LogP contribution < -0.4 is 5.32 Å². The third-order valence-corrected chi connectivity index (χ3v) is 6.22. The maximum absolute atomic E-state index is 5.65. The predicted molar refractivity (Wildman–Crippen MR) is 97.7 cm³/mol. The van der Waals surface area contributed by atoms with Crippen LogP contribution >= 0.6 is 0 Å². The second-order valence-electron chi connectivity index (χ2n) is 7.91. The molecule has 2 aromatic rings. The normalized spacial score (nSPS) is 25.5. The Morgan fingerprint density at radius 3 is 2.88 bits per heavy atom. The number of nitrogens with one attached hydrogen (secondary N) is 1. The summed E-state index contributed by atoms with van der Waals surface area (Å²) in [4.78, 5) is 7.17. The van der Waals surface area contributed by atoms with Crippen molar-refractivity contribution in [3.63, 3.8) is 0 Å². The van der Waals surface area contributed by atoms with Gasteiger partial charge in [-0.05, 0) is 49.4 Å². The number of aromatic nitrogens is 2. The fourth-order valence-electron chi connectivity index (χ4n) is 4.49. The van der Waals surface area contributed by atoms with Gasteiger partial charge in [-0.25, -0.2) is 0 Å². The molecule has 1 spiro atoms. The second-order valence-corrected chi connectivity index (χ2v) is 7.91. The van der Waals surface area contributed by atoms with Gasteiger partial charge in [0, 0.05) is 31.1 Å². The molecule has 1 aromatic carbocycles. The van der Waals surface area contributed by atoms with Crippen LogP contribution in [0.2, 0.25) is 0 Å².